The molecule has 0 aromatic rings. The van der Waals surface area contributed by atoms with Crippen molar-refractivity contribution in [2.45, 2.75) is 34.6 Å². The molecule has 0 aromatic carbocycles. The summed E-state index contributed by atoms with van der Waals surface area (Å²) in [6.45, 7) is 11.1. The van der Waals surface area contributed by atoms with Crippen LogP contribution in [-0.2, 0) is 22.4 Å². The van der Waals surface area contributed by atoms with Crippen molar-refractivity contribution in [3.63, 3.8) is 0 Å². The van der Waals surface area contributed by atoms with Crippen molar-refractivity contribution in [1.29, 1.82) is 0 Å². The molecule has 0 fully saturated rings. The molecule has 0 spiro atoms. The first-order valence-electron chi connectivity index (χ1n) is 3.83. The van der Waals surface area contributed by atoms with Gasteiger partial charge in [0.25, 0.3) is 0 Å². The number of halogens is 4. The first kappa shape index (κ1) is 29.9. The second kappa shape index (κ2) is 10.5. The molecule has 0 heterocycles. The summed E-state index contributed by atoms with van der Waals surface area (Å²) in [4.78, 5) is 0. The van der Waals surface area contributed by atoms with Gasteiger partial charge in [-0.05, 0) is 26.3 Å². The van der Waals surface area contributed by atoms with Crippen LogP contribution in [0.5, 0.6) is 0 Å². The fourth-order valence-corrected chi connectivity index (χ4v) is 1.54. The van der Waals surface area contributed by atoms with Gasteiger partial charge < -0.3 is 49.6 Å². The van der Waals surface area contributed by atoms with E-state index in [1.807, 2.05) is 0 Å². The molecule has 0 N–H and O–H groups in total. The Labute approximate surface area is 134 Å². The molecule has 15 heavy (non-hydrogen) atoms. The summed E-state index contributed by atoms with van der Waals surface area (Å²) in [6.07, 6.45) is 2.34. The van der Waals surface area contributed by atoms with Gasteiger partial charge >= 0.3 is 0 Å². The molecule has 0 atom stereocenters. The summed E-state index contributed by atoms with van der Waals surface area (Å²) in [5.41, 5.74) is 4.76. The van der Waals surface area contributed by atoms with Crippen molar-refractivity contribution in [3.8, 4) is 0 Å². The van der Waals surface area contributed by atoms with E-state index in [2.05, 4.69) is 40.7 Å². The summed E-state index contributed by atoms with van der Waals surface area (Å²) >= 11 is 0. The molecule has 0 saturated carbocycles. The number of allylic oxidation sites excluding steroid dienone is 4. The van der Waals surface area contributed by atoms with Crippen molar-refractivity contribution >= 4 is 0 Å². The Balaban J connectivity index is -0.0000000667. The van der Waals surface area contributed by atoms with Gasteiger partial charge in [0, 0.05) is 27.8 Å². The molecule has 5 heteroatoms. The van der Waals surface area contributed by atoms with Gasteiger partial charge in [0.15, 0.2) is 0 Å². The molecular weight excluding hydrogens is 443 g/mol. The maximum Gasteiger partial charge on any atom is 0.00430 e. The van der Waals surface area contributed by atoms with Crippen molar-refractivity contribution in [1.82, 2.24) is 0 Å². The van der Waals surface area contributed by atoms with E-state index < -0.39 is 0 Å². The van der Waals surface area contributed by atoms with Gasteiger partial charge in [-0.15, -0.1) is 0 Å². The first-order valence-corrected chi connectivity index (χ1v) is 3.83. The van der Waals surface area contributed by atoms with Crippen molar-refractivity contribution < 1.29 is 72.0 Å². The smallest absolute Gasteiger partial charge is 0.00430 e. The molecular formula is C10H16Cl4Ta-4. The van der Waals surface area contributed by atoms with Crippen LogP contribution in [-0.4, -0.2) is 0 Å². The Morgan fingerprint density at radius 1 is 0.867 bits per heavy atom. The van der Waals surface area contributed by atoms with Crippen LogP contribution in [0.15, 0.2) is 22.8 Å². The summed E-state index contributed by atoms with van der Waals surface area (Å²) in [5, 5.41) is 0. The van der Waals surface area contributed by atoms with E-state index in [0.717, 1.165) is 0 Å². The zero-order valence-electron chi connectivity index (χ0n) is 9.54. The third-order valence-electron chi connectivity index (χ3n) is 2.70. The first-order chi connectivity index (χ1) is 4.45. The molecule has 0 unspecified atom stereocenters. The van der Waals surface area contributed by atoms with Crippen LogP contribution in [0.25, 0.3) is 0 Å². The third kappa shape index (κ3) is 6.63. The maximum absolute atomic E-state index is 2.34. The molecule has 0 aliphatic heterocycles. The van der Waals surface area contributed by atoms with Crippen LogP contribution in [0, 0.1) is 5.41 Å². The van der Waals surface area contributed by atoms with Gasteiger partial charge in [-0.3, -0.25) is 0 Å². The minimum Gasteiger partial charge on any atom is -1.00 e. The van der Waals surface area contributed by atoms with Crippen molar-refractivity contribution in [3.05, 3.63) is 22.8 Å². The summed E-state index contributed by atoms with van der Waals surface area (Å²) in [7, 11) is 0. The van der Waals surface area contributed by atoms with Gasteiger partial charge in [0.1, 0.15) is 0 Å². The largest absolute Gasteiger partial charge is 1.00 e. The Kier molecular flexibility index (Phi) is 21.0. The molecule has 0 bridgehead atoms. The Morgan fingerprint density at radius 2 is 1.20 bits per heavy atom. The quantitative estimate of drug-likeness (QED) is 0.338. The van der Waals surface area contributed by atoms with Crippen LogP contribution < -0.4 is 49.6 Å². The average Bonchev–Trinajstić information content (AvgIpc) is 1.95. The zero-order chi connectivity index (χ0) is 7.94. The molecule has 1 aliphatic rings. The monoisotopic (exact) mass is 457 g/mol. The molecule has 0 saturated heterocycles. The van der Waals surface area contributed by atoms with Gasteiger partial charge in [0.2, 0.25) is 0 Å². The number of hydrogen-bond donors (Lipinski definition) is 0. The van der Waals surface area contributed by atoms with E-state index in [9.17, 15) is 0 Å². The summed E-state index contributed by atoms with van der Waals surface area (Å²) < 4.78 is 0. The Morgan fingerprint density at radius 3 is 1.27 bits per heavy atom. The SMILES string of the molecule is CC1=CC(C)(C)C(C)=C1C.[Cl-].[Cl-].[Cl-].[Cl-].[Ta]. The molecule has 1 radical (unpaired) electrons. The molecule has 0 amide bonds. The second-order valence-electron chi connectivity index (χ2n) is 3.80. The molecule has 1 rings (SSSR count). The van der Waals surface area contributed by atoms with E-state index >= 15 is 0 Å². The average molecular weight is 459 g/mol. The van der Waals surface area contributed by atoms with Gasteiger partial charge in [-0.25, -0.2) is 0 Å². The predicted octanol–water partition coefficient (Wildman–Crippen LogP) is -8.68. The number of rotatable bonds is 0. The van der Waals surface area contributed by atoms with Crippen molar-refractivity contribution in [2.75, 3.05) is 0 Å². The van der Waals surface area contributed by atoms with E-state index in [1.165, 1.54) is 16.7 Å². The van der Waals surface area contributed by atoms with Crippen LogP contribution in [0.4, 0.5) is 0 Å². The van der Waals surface area contributed by atoms with Crippen LogP contribution in [0.3, 0.4) is 0 Å². The summed E-state index contributed by atoms with van der Waals surface area (Å²) in [5.74, 6) is 0. The van der Waals surface area contributed by atoms with E-state index in [-0.39, 0.29) is 72.0 Å². The zero-order valence-corrected chi connectivity index (χ0v) is 15.8. The van der Waals surface area contributed by atoms with Crippen LogP contribution in [0.1, 0.15) is 34.6 Å². The normalized spacial score (nSPS) is 15.7. The standard InChI is InChI=1S/C10H16.4ClH.Ta/c1-7-6-10(4,5)9(3)8(7)2;;;;;/h6H,1-5H3;4*1H;/p-4. The third-order valence-corrected chi connectivity index (χ3v) is 2.70. The van der Waals surface area contributed by atoms with Crippen LogP contribution in [0.2, 0.25) is 0 Å². The fraction of sp³-hybridized carbons (Fsp3) is 0.600. The second-order valence-corrected chi connectivity index (χ2v) is 3.80. The van der Waals surface area contributed by atoms with E-state index in [1.54, 1.807) is 0 Å². The molecule has 0 aromatic heterocycles. The maximum atomic E-state index is 2.34. The van der Waals surface area contributed by atoms with Gasteiger partial charge in [0.05, 0.1) is 0 Å². The van der Waals surface area contributed by atoms with Crippen LogP contribution >= 0.6 is 0 Å². The Bertz CT molecular complexity index is 232. The molecule has 93 valence electrons. The van der Waals surface area contributed by atoms with Gasteiger partial charge in [-0.2, -0.15) is 0 Å². The number of hydrogen-bond acceptors (Lipinski definition) is 0. The predicted molar refractivity (Wildman–Crippen MR) is 45.9 cm³/mol. The fourth-order valence-electron chi connectivity index (χ4n) is 1.54. The van der Waals surface area contributed by atoms with Gasteiger partial charge in [-0.1, -0.05) is 31.1 Å². The molecule has 1 aliphatic carbocycles. The minimum absolute atomic E-state index is 0. The Hall–Kier alpha value is 1.38. The van der Waals surface area contributed by atoms with Crippen molar-refractivity contribution in [2.24, 2.45) is 5.41 Å². The summed E-state index contributed by atoms with van der Waals surface area (Å²) in [6, 6.07) is 0. The molecule has 0 nitrogen and oxygen atoms in total. The van der Waals surface area contributed by atoms with E-state index in [4.69, 9.17) is 0 Å². The topological polar surface area (TPSA) is 0 Å². The van der Waals surface area contributed by atoms with E-state index in [0.29, 0.717) is 5.41 Å². The minimum atomic E-state index is 0.